The Balaban J connectivity index is 2.06. The molecule has 0 heterocycles. The molecule has 0 aromatic heterocycles. The molecular weight excluding hydrogens is 287 g/mol. The van der Waals surface area contributed by atoms with Crippen LogP contribution in [-0.4, -0.2) is 6.04 Å². The van der Waals surface area contributed by atoms with Gasteiger partial charge in [0.1, 0.15) is 17.5 Å². The predicted molar refractivity (Wildman–Crippen MR) is 73.2 cm³/mol. The Labute approximate surface area is 120 Å². The van der Waals surface area contributed by atoms with Crippen molar-refractivity contribution in [3.8, 4) is 0 Å². The first-order valence-electron chi connectivity index (χ1n) is 6.08. The van der Waals surface area contributed by atoms with Gasteiger partial charge in [-0.3, -0.25) is 0 Å². The molecule has 0 aliphatic carbocycles. The Morgan fingerprint density at radius 1 is 0.900 bits per heavy atom. The summed E-state index contributed by atoms with van der Waals surface area (Å²) in [5, 5.41) is 0.297. The van der Waals surface area contributed by atoms with Crippen LogP contribution >= 0.6 is 11.6 Å². The molecule has 2 aromatic carbocycles. The van der Waals surface area contributed by atoms with Crippen LogP contribution in [0.4, 0.5) is 13.2 Å². The highest BCUT2D eigenvalue weighted by Crippen LogP contribution is 2.19. The van der Waals surface area contributed by atoms with E-state index in [9.17, 15) is 13.2 Å². The average Bonchev–Trinajstić information content (AvgIpc) is 2.31. The van der Waals surface area contributed by atoms with E-state index in [2.05, 4.69) is 0 Å². The monoisotopic (exact) mass is 299 g/mol. The van der Waals surface area contributed by atoms with E-state index in [0.29, 0.717) is 29.0 Å². The van der Waals surface area contributed by atoms with Crippen LogP contribution in [0.3, 0.4) is 0 Å². The van der Waals surface area contributed by atoms with E-state index in [1.54, 1.807) is 6.07 Å². The lowest BCUT2D eigenvalue weighted by atomic mass is 9.99. The highest BCUT2D eigenvalue weighted by Gasteiger charge is 2.10. The van der Waals surface area contributed by atoms with Gasteiger partial charge in [-0.25, -0.2) is 13.2 Å². The Morgan fingerprint density at radius 2 is 1.55 bits per heavy atom. The van der Waals surface area contributed by atoms with Crippen molar-refractivity contribution in [2.45, 2.75) is 18.9 Å². The topological polar surface area (TPSA) is 26.0 Å². The molecule has 2 N–H and O–H groups in total. The van der Waals surface area contributed by atoms with Crippen molar-refractivity contribution in [3.05, 3.63) is 70.0 Å². The van der Waals surface area contributed by atoms with Gasteiger partial charge in [-0.05, 0) is 48.2 Å². The molecule has 0 bridgehead atoms. The molecule has 0 fully saturated rings. The molecule has 0 amide bonds. The number of nitrogens with two attached hydrogens (primary N) is 1. The van der Waals surface area contributed by atoms with E-state index in [1.807, 2.05) is 0 Å². The number of hydrogen-bond acceptors (Lipinski definition) is 1. The van der Waals surface area contributed by atoms with Gasteiger partial charge in [0, 0.05) is 17.1 Å². The quantitative estimate of drug-likeness (QED) is 0.911. The van der Waals surface area contributed by atoms with Gasteiger partial charge in [0.05, 0.1) is 0 Å². The van der Waals surface area contributed by atoms with E-state index < -0.39 is 17.5 Å². The van der Waals surface area contributed by atoms with Gasteiger partial charge in [0.25, 0.3) is 0 Å². The molecule has 1 unspecified atom stereocenters. The van der Waals surface area contributed by atoms with E-state index in [1.165, 1.54) is 24.3 Å². The van der Waals surface area contributed by atoms with E-state index >= 15 is 0 Å². The highest BCUT2D eigenvalue weighted by molar-refractivity contribution is 6.31. The molecular formula is C15H13ClF3N. The van der Waals surface area contributed by atoms with Gasteiger partial charge < -0.3 is 5.73 Å². The fourth-order valence-electron chi connectivity index (χ4n) is 2.07. The lowest BCUT2D eigenvalue weighted by Gasteiger charge is -2.13. The van der Waals surface area contributed by atoms with Crippen LogP contribution in [0.1, 0.15) is 11.1 Å². The summed E-state index contributed by atoms with van der Waals surface area (Å²) in [7, 11) is 0. The Morgan fingerprint density at radius 3 is 2.15 bits per heavy atom. The molecule has 0 saturated heterocycles. The molecule has 2 rings (SSSR count). The zero-order chi connectivity index (χ0) is 14.7. The van der Waals surface area contributed by atoms with Gasteiger partial charge in [0.15, 0.2) is 0 Å². The Bertz CT molecular complexity index is 596. The highest BCUT2D eigenvalue weighted by atomic mass is 35.5. The number of halogens is 4. The maximum Gasteiger partial charge on any atom is 0.126 e. The molecule has 5 heteroatoms. The van der Waals surface area contributed by atoms with Crippen molar-refractivity contribution in [2.24, 2.45) is 5.73 Å². The minimum atomic E-state index is -0.632. The van der Waals surface area contributed by atoms with E-state index in [4.69, 9.17) is 17.3 Å². The molecule has 1 nitrogen and oxygen atoms in total. The molecule has 0 aliphatic rings. The Kier molecular flexibility index (Phi) is 4.68. The van der Waals surface area contributed by atoms with E-state index in [0.717, 1.165) is 6.07 Å². The average molecular weight is 300 g/mol. The fraction of sp³-hybridized carbons (Fsp3) is 0.200. The summed E-state index contributed by atoms with van der Waals surface area (Å²) in [6.45, 7) is 0. The maximum atomic E-state index is 13.1. The number of hydrogen-bond donors (Lipinski definition) is 1. The van der Waals surface area contributed by atoms with Crippen molar-refractivity contribution in [1.82, 2.24) is 0 Å². The van der Waals surface area contributed by atoms with Crippen molar-refractivity contribution in [2.75, 3.05) is 0 Å². The molecule has 0 saturated carbocycles. The zero-order valence-electron chi connectivity index (χ0n) is 10.5. The lowest BCUT2D eigenvalue weighted by molar-refractivity contribution is 0.574. The SMILES string of the molecule is NC(Cc1cc(F)cc(F)c1)Cc1ccc(F)cc1Cl. The third-order valence-corrected chi connectivity index (χ3v) is 3.27. The van der Waals surface area contributed by atoms with Gasteiger partial charge in [-0.1, -0.05) is 17.7 Å². The summed E-state index contributed by atoms with van der Waals surface area (Å²) in [5.74, 6) is -1.68. The summed E-state index contributed by atoms with van der Waals surface area (Å²) in [6.07, 6.45) is 0.708. The van der Waals surface area contributed by atoms with Crippen LogP contribution in [0.25, 0.3) is 0 Å². The van der Waals surface area contributed by atoms with Crippen LogP contribution in [0.5, 0.6) is 0 Å². The second-order valence-corrected chi connectivity index (χ2v) is 5.09. The maximum absolute atomic E-state index is 13.1. The first-order chi connectivity index (χ1) is 9.44. The van der Waals surface area contributed by atoms with Gasteiger partial charge in [0.2, 0.25) is 0 Å². The first kappa shape index (κ1) is 14.9. The van der Waals surface area contributed by atoms with Crippen molar-refractivity contribution >= 4 is 11.6 Å². The summed E-state index contributed by atoms with van der Waals surface area (Å²) in [5.41, 5.74) is 7.13. The first-order valence-corrected chi connectivity index (χ1v) is 6.46. The fourth-order valence-corrected chi connectivity index (χ4v) is 2.32. The van der Waals surface area contributed by atoms with Crippen LogP contribution in [0.15, 0.2) is 36.4 Å². The minimum absolute atomic E-state index is 0.297. The molecule has 0 radical (unpaired) electrons. The van der Waals surface area contributed by atoms with E-state index in [-0.39, 0.29) is 6.04 Å². The second-order valence-electron chi connectivity index (χ2n) is 4.68. The molecule has 106 valence electrons. The summed E-state index contributed by atoms with van der Waals surface area (Å²) >= 11 is 5.91. The van der Waals surface area contributed by atoms with Gasteiger partial charge >= 0.3 is 0 Å². The largest absolute Gasteiger partial charge is 0.327 e. The van der Waals surface area contributed by atoms with Crippen molar-refractivity contribution in [1.29, 1.82) is 0 Å². The van der Waals surface area contributed by atoms with Gasteiger partial charge in [-0.15, -0.1) is 0 Å². The summed E-state index contributed by atoms with van der Waals surface area (Å²) < 4.78 is 39.1. The van der Waals surface area contributed by atoms with Crippen LogP contribution in [0, 0.1) is 17.5 Å². The Hall–Kier alpha value is -1.52. The number of rotatable bonds is 4. The number of benzene rings is 2. The second kappa shape index (κ2) is 6.29. The van der Waals surface area contributed by atoms with Crippen LogP contribution in [-0.2, 0) is 12.8 Å². The molecule has 0 spiro atoms. The van der Waals surface area contributed by atoms with Crippen molar-refractivity contribution < 1.29 is 13.2 Å². The molecule has 1 atom stereocenters. The minimum Gasteiger partial charge on any atom is -0.327 e. The van der Waals surface area contributed by atoms with Crippen molar-refractivity contribution in [3.63, 3.8) is 0 Å². The predicted octanol–water partition coefficient (Wildman–Crippen LogP) is 3.87. The third kappa shape index (κ3) is 3.99. The molecule has 2 aromatic rings. The third-order valence-electron chi connectivity index (χ3n) is 2.92. The molecule has 0 aliphatic heterocycles. The standard InChI is InChI=1S/C15H13ClF3N/c16-15-8-11(17)2-1-10(15)6-14(20)5-9-3-12(18)7-13(19)4-9/h1-4,7-8,14H,5-6,20H2. The zero-order valence-corrected chi connectivity index (χ0v) is 11.3. The van der Waals surface area contributed by atoms with Crippen LogP contribution < -0.4 is 5.73 Å². The van der Waals surface area contributed by atoms with Gasteiger partial charge in [-0.2, -0.15) is 0 Å². The summed E-state index contributed by atoms with van der Waals surface area (Å²) in [4.78, 5) is 0. The van der Waals surface area contributed by atoms with Crippen LogP contribution in [0.2, 0.25) is 5.02 Å². The smallest absolute Gasteiger partial charge is 0.126 e. The summed E-state index contributed by atoms with van der Waals surface area (Å²) in [6, 6.07) is 7.01. The lowest BCUT2D eigenvalue weighted by Crippen LogP contribution is -2.25. The molecule has 20 heavy (non-hydrogen) atoms. The normalized spacial score (nSPS) is 12.4.